The fourth-order valence-corrected chi connectivity index (χ4v) is 0.690. The standard InChI is InChI=1S/C7H11N3O/c1-10(5-4-8)7(11)9-6-2-3-6/h6H,2-3,5H2,1H3,(H,9,11). The van der Waals surface area contributed by atoms with Gasteiger partial charge in [-0.15, -0.1) is 0 Å². The van der Waals surface area contributed by atoms with Gasteiger partial charge in [-0.1, -0.05) is 0 Å². The SMILES string of the molecule is CN(CC#N)C(=O)NC1CC1. The van der Waals surface area contributed by atoms with Gasteiger partial charge in [0, 0.05) is 13.1 Å². The average molecular weight is 153 g/mol. The molecule has 0 unspecified atom stereocenters. The number of nitrogens with zero attached hydrogens (tertiary/aromatic N) is 2. The van der Waals surface area contributed by atoms with Crippen molar-refractivity contribution < 1.29 is 4.79 Å². The normalized spacial score (nSPS) is 15.3. The minimum absolute atomic E-state index is 0.144. The number of amides is 2. The molecule has 1 aliphatic carbocycles. The molecule has 60 valence electrons. The van der Waals surface area contributed by atoms with Crippen LogP contribution in [-0.2, 0) is 0 Å². The summed E-state index contributed by atoms with van der Waals surface area (Å²) in [5.41, 5.74) is 0. The molecule has 0 atom stereocenters. The molecule has 2 amide bonds. The highest BCUT2D eigenvalue weighted by atomic mass is 16.2. The molecule has 1 aliphatic rings. The summed E-state index contributed by atoms with van der Waals surface area (Å²) < 4.78 is 0. The van der Waals surface area contributed by atoms with Gasteiger partial charge in [-0.25, -0.2) is 4.79 Å². The van der Waals surface area contributed by atoms with Crippen LogP contribution in [0.3, 0.4) is 0 Å². The predicted molar refractivity (Wildman–Crippen MR) is 39.8 cm³/mol. The third-order valence-electron chi connectivity index (χ3n) is 1.56. The number of carbonyl (C=O) groups excluding carboxylic acids is 1. The molecular formula is C7H11N3O. The van der Waals surface area contributed by atoms with Crippen LogP contribution in [0.2, 0.25) is 0 Å². The minimum Gasteiger partial charge on any atom is -0.335 e. The van der Waals surface area contributed by atoms with Crippen LogP contribution in [0.4, 0.5) is 4.79 Å². The topological polar surface area (TPSA) is 56.1 Å². The van der Waals surface area contributed by atoms with Gasteiger partial charge in [0.1, 0.15) is 6.54 Å². The summed E-state index contributed by atoms with van der Waals surface area (Å²) >= 11 is 0. The summed E-state index contributed by atoms with van der Waals surface area (Å²) in [7, 11) is 1.61. The van der Waals surface area contributed by atoms with E-state index in [4.69, 9.17) is 5.26 Å². The van der Waals surface area contributed by atoms with Crippen molar-refractivity contribution >= 4 is 6.03 Å². The van der Waals surface area contributed by atoms with Crippen molar-refractivity contribution in [2.45, 2.75) is 18.9 Å². The molecule has 0 bridgehead atoms. The fourth-order valence-electron chi connectivity index (χ4n) is 0.690. The Bertz CT molecular complexity index is 192. The minimum atomic E-state index is -0.144. The molecule has 0 radical (unpaired) electrons. The van der Waals surface area contributed by atoms with Crippen molar-refractivity contribution in [1.82, 2.24) is 10.2 Å². The lowest BCUT2D eigenvalue weighted by Gasteiger charge is -2.13. The van der Waals surface area contributed by atoms with Gasteiger partial charge in [0.05, 0.1) is 6.07 Å². The fraction of sp³-hybridized carbons (Fsp3) is 0.714. The maximum absolute atomic E-state index is 11.0. The molecular weight excluding hydrogens is 142 g/mol. The Balaban J connectivity index is 2.22. The highest BCUT2D eigenvalue weighted by Gasteiger charge is 2.24. The van der Waals surface area contributed by atoms with E-state index in [0.29, 0.717) is 6.04 Å². The third-order valence-corrected chi connectivity index (χ3v) is 1.56. The Hall–Kier alpha value is -1.24. The highest BCUT2D eigenvalue weighted by molar-refractivity contribution is 5.74. The molecule has 0 aromatic heterocycles. The van der Waals surface area contributed by atoms with Crippen LogP contribution in [0, 0.1) is 11.3 Å². The second kappa shape index (κ2) is 3.24. The Morgan fingerprint density at radius 2 is 2.45 bits per heavy atom. The van der Waals surface area contributed by atoms with E-state index in [2.05, 4.69) is 5.32 Å². The van der Waals surface area contributed by atoms with Crippen molar-refractivity contribution in [1.29, 1.82) is 5.26 Å². The van der Waals surface area contributed by atoms with Crippen molar-refractivity contribution in [2.24, 2.45) is 0 Å². The van der Waals surface area contributed by atoms with Gasteiger partial charge < -0.3 is 10.2 Å². The third kappa shape index (κ3) is 2.46. The zero-order valence-corrected chi connectivity index (χ0v) is 6.50. The van der Waals surface area contributed by atoms with E-state index in [1.165, 1.54) is 4.90 Å². The second-order valence-electron chi connectivity index (χ2n) is 2.74. The molecule has 1 rings (SSSR count). The number of hydrogen-bond acceptors (Lipinski definition) is 2. The van der Waals surface area contributed by atoms with Gasteiger partial charge in [-0.05, 0) is 12.8 Å². The lowest BCUT2D eigenvalue weighted by molar-refractivity contribution is 0.213. The first-order valence-corrected chi connectivity index (χ1v) is 3.62. The van der Waals surface area contributed by atoms with E-state index in [0.717, 1.165) is 12.8 Å². The van der Waals surface area contributed by atoms with Gasteiger partial charge in [0.15, 0.2) is 0 Å². The summed E-state index contributed by atoms with van der Waals surface area (Å²) in [4.78, 5) is 12.4. The number of nitrogens with one attached hydrogen (secondary N) is 1. The largest absolute Gasteiger partial charge is 0.335 e. The molecule has 1 N–H and O–H groups in total. The van der Waals surface area contributed by atoms with Crippen LogP contribution in [-0.4, -0.2) is 30.6 Å². The quantitative estimate of drug-likeness (QED) is 0.580. The van der Waals surface area contributed by atoms with Gasteiger partial charge >= 0.3 is 6.03 Å². The lowest BCUT2D eigenvalue weighted by atomic mass is 10.6. The predicted octanol–water partition coefficient (Wildman–Crippen LogP) is 0.314. The van der Waals surface area contributed by atoms with E-state index in [1.807, 2.05) is 6.07 Å². The summed E-state index contributed by atoms with van der Waals surface area (Å²) in [5, 5.41) is 11.0. The summed E-state index contributed by atoms with van der Waals surface area (Å²) in [6.45, 7) is 0.151. The molecule has 0 spiro atoms. The van der Waals surface area contributed by atoms with Gasteiger partial charge in [-0.2, -0.15) is 5.26 Å². The van der Waals surface area contributed by atoms with Crippen LogP contribution >= 0.6 is 0 Å². The molecule has 0 heterocycles. The van der Waals surface area contributed by atoms with Crippen molar-refractivity contribution in [3.05, 3.63) is 0 Å². The maximum Gasteiger partial charge on any atom is 0.318 e. The molecule has 0 aromatic rings. The van der Waals surface area contributed by atoms with Crippen LogP contribution in [0.5, 0.6) is 0 Å². The maximum atomic E-state index is 11.0. The number of urea groups is 1. The van der Waals surface area contributed by atoms with Crippen LogP contribution < -0.4 is 5.32 Å². The Morgan fingerprint density at radius 3 is 2.91 bits per heavy atom. The van der Waals surface area contributed by atoms with Crippen molar-refractivity contribution in [3.63, 3.8) is 0 Å². The number of rotatable bonds is 2. The summed E-state index contributed by atoms with van der Waals surface area (Å²) in [6.07, 6.45) is 2.15. The van der Waals surface area contributed by atoms with Crippen molar-refractivity contribution in [2.75, 3.05) is 13.6 Å². The molecule has 1 fully saturated rings. The molecule has 1 saturated carbocycles. The average Bonchev–Trinajstić information content (AvgIpc) is 2.72. The molecule has 0 saturated heterocycles. The Kier molecular flexibility index (Phi) is 2.32. The lowest BCUT2D eigenvalue weighted by Crippen LogP contribution is -2.38. The number of hydrogen-bond donors (Lipinski definition) is 1. The molecule has 4 nitrogen and oxygen atoms in total. The van der Waals surface area contributed by atoms with E-state index in [1.54, 1.807) is 7.05 Å². The number of carbonyl (C=O) groups is 1. The van der Waals surface area contributed by atoms with Crippen LogP contribution in [0.25, 0.3) is 0 Å². The summed E-state index contributed by atoms with van der Waals surface area (Å²) in [5.74, 6) is 0. The molecule has 4 heteroatoms. The second-order valence-corrected chi connectivity index (χ2v) is 2.74. The zero-order chi connectivity index (χ0) is 8.27. The first kappa shape index (κ1) is 7.86. The van der Waals surface area contributed by atoms with E-state index in [-0.39, 0.29) is 12.6 Å². The highest BCUT2D eigenvalue weighted by Crippen LogP contribution is 2.18. The van der Waals surface area contributed by atoms with Gasteiger partial charge in [0.25, 0.3) is 0 Å². The van der Waals surface area contributed by atoms with E-state index < -0.39 is 0 Å². The number of nitriles is 1. The first-order valence-electron chi connectivity index (χ1n) is 3.62. The Labute approximate surface area is 65.8 Å². The monoisotopic (exact) mass is 153 g/mol. The van der Waals surface area contributed by atoms with Crippen LogP contribution in [0.1, 0.15) is 12.8 Å². The van der Waals surface area contributed by atoms with E-state index in [9.17, 15) is 4.79 Å². The first-order chi connectivity index (χ1) is 5.24. The molecule has 0 aliphatic heterocycles. The summed E-state index contributed by atoms with van der Waals surface area (Å²) in [6, 6.07) is 2.13. The molecule has 0 aromatic carbocycles. The zero-order valence-electron chi connectivity index (χ0n) is 6.50. The van der Waals surface area contributed by atoms with Gasteiger partial charge in [-0.3, -0.25) is 0 Å². The molecule has 11 heavy (non-hydrogen) atoms. The van der Waals surface area contributed by atoms with Crippen LogP contribution in [0.15, 0.2) is 0 Å². The van der Waals surface area contributed by atoms with E-state index >= 15 is 0 Å². The Morgan fingerprint density at radius 1 is 1.82 bits per heavy atom. The smallest absolute Gasteiger partial charge is 0.318 e. The van der Waals surface area contributed by atoms with Gasteiger partial charge in [0.2, 0.25) is 0 Å². The van der Waals surface area contributed by atoms with Crippen molar-refractivity contribution in [3.8, 4) is 6.07 Å².